The Hall–Kier alpha value is -5.11. The van der Waals surface area contributed by atoms with E-state index in [-0.39, 0.29) is 5.69 Å². The third-order valence-corrected chi connectivity index (χ3v) is 8.54. The fraction of sp³-hybridized carbons (Fsp3) is 0.290. The maximum Gasteiger partial charge on any atom is 0.273 e. The molecular weight excluding hydrogens is 533 g/mol. The van der Waals surface area contributed by atoms with Crippen LogP contribution in [0.4, 0.5) is 10.2 Å². The van der Waals surface area contributed by atoms with Crippen LogP contribution in [-0.2, 0) is 7.05 Å². The zero-order valence-electron chi connectivity index (χ0n) is 23.2. The Bertz CT molecular complexity index is 1860. The van der Waals surface area contributed by atoms with E-state index in [0.717, 1.165) is 59.5 Å². The van der Waals surface area contributed by atoms with Crippen molar-refractivity contribution in [2.24, 2.45) is 18.9 Å². The number of rotatable bonds is 5. The number of carbonyl (C=O) groups is 1. The van der Waals surface area contributed by atoms with Gasteiger partial charge in [0.1, 0.15) is 11.9 Å². The number of nitrogens with zero attached hydrogens (tertiary/aromatic N) is 8. The molecule has 1 saturated heterocycles. The van der Waals surface area contributed by atoms with Crippen LogP contribution in [-0.4, -0.2) is 53.9 Å². The first-order valence-electron chi connectivity index (χ1n) is 13.9. The van der Waals surface area contributed by atoms with E-state index in [1.54, 1.807) is 21.6 Å². The molecule has 3 atom stereocenters. The fourth-order valence-corrected chi connectivity index (χ4v) is 6.70. The van der Waals surface area contributed by atoms with Crippen LogP contribution in [0, 0.1) is 29.0 Å². The van der Waals surface area contributed by atoms with Crippen LogP contribution in [0.3, 0.4) is 0 Å². The molecule has 0 radical (unpaired) electrons. The van der Waals surface area contributed by atoms with Crippen LogP contribution in [0.5, 0.6) is 0 Å². The number of hydrogen-bond donors (Lipinski definition) is 1. The number of aromatic nitrogens is 6. The van der Waals surface area contributed by atoms with E-state index in [0.29, 0.717) is 17.4 Å². The molecule has 210 valence electrons. The number of pyridine rings is 3. The Labute approximate surface area is 241 Å². The van der Waals surface area contributed by atoms with E-state index in [4.69, 9.17) is 4.98 Å². The van der Waals surface area contributed by atoms with E-state index in [1.807, 2.05) is 44.7 Å². The minimum atomic E-state index is -0.612. The highest BCUT2D eigenvalue weighted by Crippen LogP contribution is 2.45. The maximum absolute atomic E-state index is 14.1. The van der Waals surface area contributed by atoms with Gasteiger partial charge in [-0.3, -0.25) is 9.48 Å². The minimum Gasteiger partial charge on any atom is -0.356 e. The minimum absolute atomic E-state index is 0.164. The summed E-state index contributed by atoms with van der Waals surface area (Å²) in [5, 5.41) is 21.5. The summed E-state index contributed by atoms with van der Waals surface area (Å²) in [5.41, 5.74) is 4.33. The van der Waals surface area contributed by atoms with Gasteiger partial charge in [-0.2, -0.15) is 15.5 Å². The van der Waals surface area contributed by atoms with Gasteiger partial charge >= 0.3 is 0 Å². The average Bonchev–Trinajstić information content (AvgIpc) is 3.75. The summed E-state index contributed by atoms with van der Waals surface area (Å²) < 4.78 is 17.6. The van der Waals surface area contributed by atoms with Crippen LogP contribution >= 0.6 is 0 Å². The van der Waals surface area contributed by atoms with Crippen LogP contribution in [0.15, 0.2) is 67.5 Å². The lowest BCUT2D eigenvalue weighted by molar-refractivity contribution is 0.0895. The molecule has 42 heavy (non-hydrogen) atoms. The molecule has 5 aromatic heterocycles. The molecule has 1 aliphatic heterocycles. The van der Waals surface area contributed by atoms with Gasteiger partial charge in [-0.1, -0.05) is 0 Å². The Morgan fingerprint density at radius 1 is 1.05 bits per heavy atom. The number of nitrogens with one attached hydrogen (secondary N) is 1. The molecule has 5 aromatic rings. The van der Waals surface area contributed by atoms with Gasteiger partial charge in [-0.05, 0) is 61.9 Å². The molecule has 11 heteroatoms. The van der Waals surface area contributed by atoms with Crippen LogP contribution in [0.1, 0.15) is 35.8 Å². The third-order valence-electron chi connectivity index (χ3n) is 8.54. The maximum atomic E-state index is 14.1. The van der Waals surface area contributed by atoms with Crippen LogP contribution < -0.4 is 10.2 Å². The lowest BCUT2D eigenvalue weighted by Gasteiger charge is -2.28. The second-order valence-corrected chi connectivity index (χ2v) is 11.6. The predicted molar refractivity (Wildman–Crippen MR) is 154 cm³/mol. The summed E-state index contributed by atoms with van der Waals surface area (Å²) in [6.45, 7) is 3.71. The number of amides is 1. The zero-order chi connectivity index (χ0) is 29.0. The van der Waals surface area contributed by atoms with Gasteiger partial charge in [0.05, 0.1) is 23.5 Å². The highest BCUT2D eigenvalue weighted by Gasteiger charge is 2.48. The molecule has 1 saturated carbocycles. The lowest BCUT2D eigenvalue weighted by Crippen LogP contribution is -2.45. The van der Waals surface area contributed by atoms with Crippen molar-refractivity contribution in [2.75, 3.05) is 18.0 Å². The Morgan fingerprint density at radius 3 is 2.52 bits per heavy atom. The second kappa shape index (κ2) is 9.76. The molecule has 1 N–H and O–H groups in total. The number of halogens is 1. The summed E-state index contributed by atoms with van der Waals surface area (Å²) in [5.74, 6) is 0.600. The first-order valence-corrected chi connectivity index (χ1v) is 13.9. The van der Waals surface area contributed by atoms with Gasteiger partial charge in [0.2, 0.25) is 0 Å². The molecule has 1 aliphatic carbocycles. The summed E-state index contributed by atoms with van der Waals surface area (Å²) in [4.78, 5) is 23.8. The highest BCUT2D eigenvalue weighted by molar-refractivity contribution is 5.93. The van der Waals surface area contributed by atoms with Crippen molar-refractivity contribution in [1.29, 1.82) is 5.26 Å². The van der Waals surface area contributed by atoms with Gasteiger partial charge in [-0.25, -0.2) is 18.9 Å². The van der Waals surface area contributed by atoms with Crippen molar-refractivity contribution in [3.05, 3.63) is 84.6 Å². The molecule has 0 spiro atoms. The van der Waals surface area contributed by atoms with Crippen LogP contribution in [0.2, 0.25) is 0 Å². The van der Waals surface area contributed by atoms with Crippen molar-refractivity contribution in [2.45, 2.75) is 25.3 Å². The standard InChI is InChI=1S/C31H28FN9O/c1-31(38-30(42)28-26(32)4-3-7-34-28)9-21-16-40(17-22(21)10-31)27-6-5-19(12-35-27)25-8-20(24-14-36-39(2)15-24)18-41-29(25)23(11-33)13-37-41/h3-8,12-15,18,21-22H,9-10,16-17H2,1-2H3,(H,38,42)/t21-,22+,31+. The van der Waals surface area contributed by atoms with Crippen molar-refractivity contribution in [1.82, 2.24) is 34.7 Å². The number of anilines is 1. The third kappa shape index (κ3) is 4.45. The molecule has 0 bridgehead atoms. The van der Waals surface area contributed by atoms with Gasteiger partial charge < -0.3 is 10.2 Å². The largest absolute Gasteiger partial charge is 0.356 e. The molecule has 7 rings (SSSR count). The molecule has 10 nitrogen and oxygen atoms in total. The Kier molecular flexibility index (Phi) is 6.01. The molecular formula is C31H28FN9O. The van der Waals surface area contributed by atoms with E-state index in [2.05, 4.69) is 37.5 Å². The van der Waals surface area contributed by atoms with E-state index < -0.39 is 17.3 Å². The monoisotopic (exact) mass is 561 g/mol. The second-order valence-electron chi connectivity index (χ2n) is 11.6. The number of aryl methyl sites for hydroxylation is 1. The number of nitriles is 1. The summed E-state index contributed by atoms with van der Waals surface area (Å²) in [7, 11) is 1.87. The van der Waals surface area contributed by atoms with Gasteiger partial charge in [0, 0.05) is 72.7 Å². The summed E-state index contributed by atoms with van der Waals surface area (Å²) in [6.07, 6.45) is 12.1. The first-order chi connectivity index (χ1) is 20.3. The molecule has 2 fully saturated rings. The summed E-state index contributed by atoms with van der Waals surface area (Å²) >= 11 is 0. The molecule has 2 aliphatic rings. The first kappa shape index (κ1) is 25.8. The van der Waals surface area contributed by atoms with Gasteiger partial charge in [0.15, 0.2) is 11.5 Å². The molecule has 0 aromatic carbocycles. The van der Waals surface area contributed by atoms with Crippen molar-refractivity contribution >= 4 is 17.2 Å². The topological polar surface area (TPSA) is 117 Å². The fourth-order valence-electron chi connectivity index (χ4n) is 6.70. The number of fused-ring (bicyclic) bond motifs is 2. The van der Waals surface area contributed by atoms with Gasteiger partial charge in [-0.15, -0.1) is 0 Å². The average molecular weight is 562 g/mol. The van der Waals surface area contributed by atoms with Crippen molar-refractivity contribution in [3.63, 3.8) is 0 Å². The quantitative estimate of drug-likeness (QED) is 0.341. The Balaban J connectivity index is 1.09. The molecule has 1 amide bonds. The zero-order valence-corrected chi connectivity index (χ0v) is 23.2. The SMILES string of the molecule is Cn1cc(-c2cc(-c3ccc(N4C[C@@H]5C[C@@](C)(NC(=O)c6ncccc6F)C[C@@H]5C4)nc3)c3c(C#N)cnn3c2)cn1. The Morgan fingerprint density at radius 2 is 1.86 bits per heavy atom. The number of carbonyl (C=O) groups excluding carboxylic acids is 1. The van der Waals surface area contributed by atoms with Crippen LogP contribution in [0.25, 0.3) is 27.8 Å². The van der Waals surface area contributed by atoms with Crippen molar-refractivity contribution in [3.8, 4) is 28.3 Å². The normalized spacial score (nSPS) is 21.4. The highest BCUT2D eigenvalue weighted by atomic mass is 19.1. The lowest BCUT2D eigenvalue weighted by atomic mass is 9.97. The van der Waals surface area contributed by atoms with E-state index >= 15 is 0 Å². The van der Waals surface area contributed by atoms with Gasteiger partial charge in [0.25, 0.3) is 5.91 Å². The molecule has 0 unspecified atom stereocenters. The van der Waals surface area contributed by atoms with E-state index in [1.165, 1.54) is 18.3 Å². The number of hydrogen-bond acceptors (Lipinski definition) is 7. The van der Waals surface area contributed by atoms with E-state index in [9.17, 15) is 14.4 Å². The smallest absolute Gasteiger partial charge is 0.273 e. The van der Waals surface area contributed by atoms with Crippen molar-refractivity contribution < 1.29 is 9.18 Å². The molecule has 6 heterocycles. The summed E-state index contributed by atoms with van der Waals surface area (Å²) in [6, 6.07) is 11.1. The predicted octanol–water partition coefficient (Wildman–Crippen LogP) is 4.24.